The van der Waals surface area contributed by atoms with Gasteiger partial charge in [0.05, 0.1) is 0 Å². The molecule has 1 fully saturated rings. The highest BCUT2D eigenvalue weighted by Gasteiger charge is 2.51. The molecule has 1 unspecified atom stereocenters. The molecule has 0 radical (unpaired) electrons. The number of fused-ring (bicyclic) bond motifs is 1. The second kappa shape index (κ2) is 8.51. The van der Waals surface area contributed by atoms with E-state index in [1.807, 2.05) is 66.7 Å². The molecule has 4 aromatic rings. The van der Waals surface area contributed by atoms with Crippen LogP contribution in [0.15, 0.2) is 89.3 Å². The number of rotatable bonds is 6. The van der Waals surface area contributed by atoms with Crippen molar-refractivity contribution < 1.29 is 18.8 Å². The van der Waals surface area contributed by atoms with Crippen LogP contribution in [0.4, 0.5) is 10.5 Å². The van der Waals surface area contributed by atoms with E-state index < -0.39 is 29.9 Å². The van der Waals surface area contributed by atoms with Gasteiger partial charge in [-0.3, -0.25) is 14.5 Å². The quantitative estimate of drug-likeness (QED) is 0.423. The molecule has 7 heteroatoms. The van der Waals surface area contributed by atoms with Crippen molar-refractivity contribution in [3.8, 4) is 0 Å². The third-order valence-electron chi connectivity index (χ3n) is 6.02. The summed E-state index contributed by atoms with van der Waals surface area (Å²) >= 11 is 0. The number of para-hydroxylation sites is 2. The van der Waals surface area contributed by atoms with Gasteiger partial charge in [-0.05, 0) is 42.7 Å². The van der Waals surface area contributed by atoms with Crippen molar-refractivity contribution in [1.29, 1.82) is 0 Å². The van der Waals surface area contributed by atoms with Gasteiger partial charge in [-0.15, -0.1) is 0 Å². The van der Waals surface area contributed by atoms with Crippen molar-refractivity contribution >= 4 is 34.5 Å². The van der Waals surface area contributed by atoms with Crippen molar-refractivity contribution in [1.82, 2.24) is 10.2 Å². The van der Waals surface area contributed by atoms with E-state index in [0.29, 0.717) is 23.5 Å². The van der Waals surface area contributed by atoms with E-state index in [0.717, 1.165) is 21.4 Å². The second-order valence-corrected chi connectivity index (χ2v) is 8.46. The number of urea groups is 1. The van der Waals surface area contributed by atoms with Crippen LogP contribution in [-0.4, -0.2) is 29.3 Å². The van der Waals surface area contributed by atoms with Crippen molar-refractivity contribution in [2.75, 3.05) is 11.9 Å². The molecule has 0 aliphatic carbocycles. The molecule has 1 aliphatic heterocycles. The fraction of sp³-hybridized carbons (Fsp3) is 0.148. The number of anilines is 1. The van der Waals surface area contributed by atoms with Crippen LogP contribution < -0.4 is 10.6 Å². The zero-order valence-corrected chi connectivity index (χ0v) is 18.6. The molecule has 2 N–H and O–H groups in total. The molecule has 0 bridgehead atoms. The first kappa shape index (κ1) is 21.5. The van der Waals surface area contributed by atoms with Crippen LogP contribution in [0.25, 0.3) is 11.0 Å². The Balaban J connectivity index is 1.32. The molecule has 0 spiro atoms. The minimum absolute atomic E-state index is 0.322. The van der Waals surface area contributed by atoms with Gasteiger partial charge in [-0.2, -0.15) is 0 Å². The number of nitrogens with one attached hydrogen (secondary N) is 2. The van der Waals surface area contributed by atoms with Crippen molar-refractivity contribution in [2.45, 2.75) is 18.9 Å². The zero-order valence-electron chi connectivity index (χ0n) is 18.6. The average Bonchev–Trinajstić information content (AvgIpc) is 3.37. The largest absolute Gasteiger partial charge is 0.458 e. The molecule has 1 atom stereocenters. The van der Waals surface area contributed by atoms with Gasteiger partial charge in [0.25, 0.3) is 5.91 Å². The summed E-state index contributed by atoms with van der Waals surface area (Å²) in [7, 11) is 0. The maximum absolute atomic E-state index is 13.2. The lowest BCUT2D eigenvalue weighted by molar-refractivity contribution is -0.134. The molecular formula is C27H23N3O4. The molecule has 4 amide bonds. The average molecular weight is 453 g/mol. The minimum atomic E-state index is -1.39. The fourth-order valence-electron chi connectivity index (χ4n) is 4.18. The molecular weight excluding hydrogens is 430 g/mol. The van der Waals surface area contributed by atoms with Gasteiger partial charge < -0.3 is 15.1 Å². The fourth-order valence-corrected chi connectivity index (χ4v) is 4.18. The lowest BCUT2D eigenvalue weighted by Crippen LogP contribution is -2.41. The van der Waals surface area contributed by atoms with Crippen LogP contribution >= 0.6 is 0 Å². The lowest BCUT2D eigenvalue weighted by atomic mass is 9.99. The smallest absolute Gasteiger partial charge is 0.325 e. The summed E-state index contributed by atoms with van der Waals surface area (Å²) in [5, 5.41) is 6.36. The predicted octanol–water partition coefficient (Wildman–Crippen LogP) is 4.43. The van der Waals surface area contributed by atoms with Crippen molar-refractivity contribution in [2.24, 2.45) is 0 Å². The number of carbonyl (C=O) groups is 3. The standard InChI is InChI=1S/C27H23N3O4/c1-27(23-16-20-12-6-8-14-22(20)34-23)25(32)30(26(33)29-27)17-24(31)28-21-13-7-5-11-19(21)15-18-9-3-2-4-10-18/h2-14,16H,15,17H2,1H3,(H,28,31)(H,29,33). The van der Waals surface area contributed by atoms with Gasteiger partial charge in [0.2, 0.25) is 5.91 Å². The van der Waals surface area contributed by atoms with Gasteiger partial charge in [-0.25, -0.2) is 4.79 Å². The summed E-state index contributed by atoms with van der Waals surface area (Å²) in [6.45, 7) is 1.18. The van der Waals surface area contributed by atoms with Crippen LogP contribution in [0.5, 0.6) is 0 Å². The second-order valence-electron chi connectivity index (χ2n) is 8.46. The highest BCUT2D eigenvalue weighted by atomic mass is 16.3. The number of hydrogen-bond donors (Lipinski definition) is 2. The molecule has 170 valence electrons. The minimum Gasteiger partial charge on any atom is -0.458 e. The number of carbonyl (C=O) groups excluding carboxylic acids is 3. The molecule has 1 aliphatic rings. The predicted molar refractivity (Wildman–Crippen MR) is 128 cm³/mol. The Labute approximate surface area is 196 Å². The summed E-state index contributed by atoms with van der Waals surface area (Å²) in [6.07, 6.45) is 0.643. The van der Waals surface area contributed by atoms with Gasteiger partial charge in [0.1, 0.15) is 17.9 Å². The number of benzene rings is 3. The van der Waals surface area contributed by atoms with Gasteiger partial charge in [-0.1, -0.05) is 66.7 Å². The Bertz CT molecular complexity index is 1360. The van der Waals surface area contributed by atoms with Gasteiger partial charge in [0.15, 0.2) is 5.54 Å². The molecule has 1 saturated heterocycles. The van der Waals surface area contributed by atoms with E-state index in [-0.39, 0.29) is 0 Å². The third kappa shape index (κ3) is 3.92. The summed E-state index contributed by atoms with van der Waals surface area (Å²) in [6, 6.07) is 25.9. The number of hydrogen-bond acceptors (Lipinski definition) is 4. The molecule has 7 nitrogen and oxygen atoms in total. The Morgan fingerprint density at radius 1 is 0.971 bits per heavy atom. The van der Waals surface area contributed by atoms with E-state index in [2.05, 4.69) is 10.6 Å². The maximum Gasteiger partial charge on any atom is 0.325 e. The third-order valence-corrected chi connectivity index (χ3v) is 6.02. The monoisotopic (exact) mass is 453 g/mol. The number of furan rings is 1. The summed E-state index contributed by atoms with van der Waals surface area (Å²) < 4.78 is 5.83. The lowest BCUT2D eigenvalue weighted by Gasteiger charge is -2.19. The molecule has 0 saturated carbocycles. The van der Waals surface area contributed by atoms with E-state index in [9.17, 15) is 14.4 Å². The first-order valence-electron chi connectivity index (χ1n) is 11.0. The van der Waals surface area contributed by atoms with Crippen LogP contribution in [-0.2, 0) is 21.5 Å². The van der Waals surface area contributed by atoms with E-state index in [4.69, 9.17) is 4.42 Å². The Kier molecular flexibility index (Phi) is 5.37. The van der Waals surface area contributed by atoms with Crippen LogP contribution in [0.1, 0.15) is 23.8 Å². The summed E-state index contributed by atoms with van der Waals surface area (Å²) in [5.41, 5.74) is 1.92. The molecule has 3 aromatic carbocycles. The molecule has 5 rings (SSSR count). The summed E-state index contributed by atoms with van der Waals surface area (Å²) in [5.74, 6) is -0.676. The Morgan fingerprint density at radius 2 is 1.68 bits per heavy atom. The summed E-state index contributed by atoms with van der Waals surface area (Å²) in [4.78, 5) is 39.6. The van der Waals surface area contributed by atoms with Gasteiger partial charge >= 0.3 is 6.03 Å². The number of amides is 4. The highest BCUT2D eigenvalue weighted by molar-refractivity contribution is 6.10. The Morgan fingerprint density at radius 3 is 2.47 bits per heavy atom. The maximum atomic E-state index is 13.2. The van der Waals surface area contributed by atoms with E-state index in [1.54, 1.807) is 25.1 Å². The SMILES string of the molecule is CC1(c2cc3ccccc3o2)NC(=O)N(CC(=O)Nc2ccccc2Cc2ccccc2)C1=O. The van der Waals surface area contributed by atoms with E-state index >= 15 is 0 Å². The van der Waals surface area contributed by atoms with Crippen molar-refractivity contribution in [3.63, 3.8) is 0 Å². The molecule has 1 aromatic heterocycles. The van der Waals surface area contributed by atoms with E-state index in [1.165, 1.54) is 0 Å². The van der Waals surface area contributed by atoms with Crippen LogP contribution in [0.2, 0.25) is 0 Å². The molecule has 34 heavy (non-hydrogen) atoms. The van der Waals surface area contributed by atoms with Crippen LogP contribution in [0, 0.1) is 0 Å². The number of imide groups is 1. The first-order valence-corrected chi connectivity index (χ1v) is 11.0. The number of nitrogens with zero attached hydrogens (tertiary/aromatic N) is 1. The molecule has 2 heterocycles. The van der Waals surface area contributed by atoms with Gasteiger partial charge in [0, 0.05) is 11.1 Å². The zero-order chi connectivity index (χ0) is 23.7. The Hall–Kier alpha value is -4.39. The first-order chi connectivity index (χ1) is 16.4. The topological polar surface area (TPSA) is 91.7 Å². The van der Waals surface area contributed by atoms with Crippen LogP contribution in [0.3, 0.4) is 0 Å². The highest BCUT2D eigenvalue weighted by Crippen LogP contribution is 2.33. The van der Waals surface area contributed by atoms with Crippen molar-refractivity contribution in [3.05, 3.63) is 102 Å². The normalized spacial score (nSPS) is 17.7.